The number of likely N-dealkylation sites (N-methyl/N-ethyl adjacent to an activating group) is 1. The molecule has 2 aliphatic rings. The SMILES string of the molecule is CN1C(=O)C(NC(=O)/N=C/C(=C\N)Cc2cccc(F)n2)CCc2ccc(C#CC3(O)CCOCC3)cc21. The van der Waals surface area contributed by atoms with E-state index in [1.54, 1.807) is 13.1 Å². The fourth-order valence-corrected chi connectivity index (χ4v) is 4.33. The van der Waals surface area contributed by atoms with Crippen LogP contribution in [0, 0.1) is 17.8 Å². The number of carbonyl (C=O) groups excluding carboxylic acids is 2. The molecule has 1 saturated heterocycles. The van der Waals surface area contributed by atoms with E-state index in [2.05, 4.69) is 27.1 Å². The Morgan fingerprint density at radius 1 is 1.37 bits per heavy atom. The van der Waals surface area contributed by atoms with Gasteiger partial charge in [-0.3, -0.25) is 4.79 Å². The summed E-state index contributed by atoms with van der Waals surface area (Å²) in [6.45, 7) is 0.940. The first kappa shape index (κ1) is 27.0. The molecule has 1 atom stereocenters. The van der Waals surface area contributed by atoms with Crippen molar-refractivity contribution in [2.45, 2.75) is 43.7 Å². The summed E-state index contributed by atoms with van der Waals surface area (Å²) < 4.78 is 18.6. The van der Waals surface area contributed by atoms with Crippen LogP contribution in [0.4, 0.5) is 14.9 Å². The third-order valence-corrected chi connectivity index (χ3v) is 6.55. The number of fused-ring (bicyclic) bond motifs is 1. The minimum Gasteiger partial charge on any atom is -0.404 e. The molecule has 3 heterocycles. The van der Waals surface area contributed by atoms with Gasteiger partial charge < -0.3 is 25.8 Å². The molecule has 2 aliphatic heterocycles. The number of amides is 3. The number of pyridine rings is 1. The number of urea groups is 1. The highest BCUT2D eigenvalue weighted by Gasteiger charge is 2.30. The van der Waals surface area contributed by atoms with Crippen molar-refractivity contribution in [2.75, 3.05) is 25.2 Å². The number of anilines is 1. The van der Waals surface area contributed by atoms with Crippen LogP contribution in [0.25, 0.3) is 0 Å². The van der Waals surface area contributed by atoms with Gasteiger partial charge in [0.25, 0.3) is 0 Å². The second-order valence-corrected chi connectivity index (χ2v) is 9.30. The third kappa shape index (κ3) is 6.82. The van der Waals surface area contributed by atoms with Gasteiger partial charge in [-0.15, -0.1) is 0 Å². The number of benzene rings is 1. The van der Waals surface area contributed by atoms with Gasteiger partial charge in [-0.25, -0.2) is 14.8 Å². The maximum absolute atomic E-state index is 13.3. The number of nitrogens with zero attached hydrogens (tertiary/aromatic N) is 3. The first-order valence-corrected chi connectivity index (χ1v) is 12.4. The summed E-state index contributed by atoms with van der Waals surface area (Å²) in [5.41, 5.74) is 7.80. The number of carbonyl (C=O) groups is 2. The number of rotatable bonds is 4. The van der Waals surface area contributed by atoms with E-state index >= 15 is 0 Å². The van der Waals surface area contributed by atoms with Crippen LogP contribution in [0.15, 0.2) is 53.2 Å². The van der Waals surface area contributed by atoms with Crippen LogP contribution in [0.2, 0.25) is 0 Å². The van der Waals surface area contributed by atoms with Crippen LogP contribution in [0.5, 0.6) is 0 Å². The van der Waals surface area contributed by atoms with E-state index in [0.717, 1.165) is 5.56 Å². The largest absolute Gasteiger partial charge is 0.404 e. The van der Waals surface area contributed by atoms with Crippen molar-refractivity contribution in [1.82, 2.24) is 10.3 Å². The zero-order chi connectivity index (χ0) is 27.1. The average Bonchev–Trinajstić information content (AvgIpc) is 3.02. The van der Waals surface area contributed by atoms with Crippen molar-refractivity contribution in [3.63, 3.8) is 0 Å². The molecule has 1 unspecified atom stereocenters. The summed E-state index contributed by atoms with van der Waals surface area (Å²) in [5, 5.41) is 13.3. The molecule has 38 heavy (non-hydrogen) atoms. The molecular weight excluding hydrogens is 489 g/mol. The first-order chi connectivity index (χ1) is 18.3. The molecule has 1 aromatic heterocycles. The van der Waals surface area contributed by atoms with Gasteiger partial charge in [0.1, 0.15) is 11.6 Å². The van der Waals surface area contributed by atoms with E-state index in [1.807, 2.05) is 18.2 Å². The monoisotopic (exact) mass is 519 g/mol. The molecule has 3 amide bonds. The maximum atomic E-state index is 13.3. The number of aliphatic hydroxyl groups is 1. The Kier molecular flexibility index (Phi) is 8.51. The van der Waals surface area contributed by atoms with Gasteiger partial charge in [-0.05, 0) is 54.4 Å². The van der Waals surface area contributed by atoms with E-state index in [4.69, 9.17) is 10.5 Å². The van der Waals surface area contributed by atoms with Crippen molar-refractivity contribution >= 4 is 23.8 Å². The average molecular weight is 520 g/mol. The van der Waals surface area contributed by atoms with Crippen LogP contribution in [-0.2, 0) is 22.4 Å². The molecule has 0 aliphatic carbocycles. The van der Waals surface area contributed by atoms with Crippen molar-refractivity contribution in [3.05, 3.63) is 70.9 Å². The van der Waals surface area contributed by atoms with Crippen LogP contribution in [0.3, 0.4) is 0 Å². The molecule has 10 heteroatoms. The predicted molar refractivity (Wildman–Crippen MR) is 141 cm³/mol. The lowest BCUT2D eigenvalue weighted by atomic mass is 9.94. The van der Waals surface area contributed by atoms with Gasteiger partial charge in [0, 0.05) is 49.5 Å². The van der Waals surface area contributed by atoms with Crippen molar-refractivity contribution in [1.29, 1.82) is 0 Å². The van der Waals surface area contributed by atoms with E-state index in [0.29, 0.717) is 61.4 Å². The van der Waals surface area contributed by atoms with Crippen LogP contribution >= 0.6 is 0 Å². The van der Waals surface area contributed by atoms with Gasteiger partial charge in [0.15, 0.2) is 0 Å². The highest BCUT2D eigenvalue weighted by molar-refractivity contribution is 6.01. The molecule has 2 aromatic rings. The zero-order valence-electron chi connectivity index (χ0n) is 21.1. The van der Waals surface area contributed by atoms with Gasteiger partial charge in [-0.1, -0.05) is 24.0 Å². The number of nitrogens with two attached hydrogens (primary N) is 1. The van der Waals surface area contributed by atoms with Crippen molar-refractivity contribution in [2.24, 2.45) is 10.7 Å². The first-order valence-electron chi connectivity index (χ1n) is 12.4. The Balaban J connectivity index is 1.41. The molecular formula is C28H30FN5O4. The number of halogens is 1. The lowest BCUT2D eigenvalue weighted by molar-refractivity contribution is -0.120. The number of aromatic nitrogens is 1. The molecule has 4 N–H and O–H groups in total. The molecule has 9 nitrogen and oxygen atoms in total. The minimum atomic E-state index is -1.07. The summed E-state index contributed by atoms with van der Waals surface area (Å²) >= 11 is 0. The van der Waals surface area contributed by atoms with Crippen molar-refractivity contribution < 1.29 is 23.8 Å². The van der Waals surface area contributed by atoms with Crippen LogP contribution in [-0.4, -0.2) is 60.1 Å². The Morgan fingerprint density at radius 3 is 2.89 bits per heavy atom. The van der Waals surface area contributed by atoms with Crippen molar-refractivity contribution in [3.8, 4) is 11.8 Å². The number of nitrogens with one attached hydrogen (secondary N) is 1. The number of hydrogen-bond donors (Lipinski definition) is 3. The maximum Gasteiger partial charge on any atom is 0.341 e. The third-order valence-electron chi connectivity index (χ3n) is 6.55. The fourth-order valence-electron chi connectivity index (χ4n) is 4.33. The normalized spacial score (nSPS) is 19.3. The minimum absolute atomic E-state index is 0.196. The summed E-state index contributed by atoms with van der Waals surface area (Å²) in [6, 6.07) is 8.55. The molecule has 1 aromatic carbocycles. The quantitative estimate of drug-likeness (QED) is 0.323. The number of aliphatic imine (C=N–C) groups is 1. The lowest BCUT2D eigenvalue weighted by Crippen LogP contribution is -2.46. The number of hydrogen-bond acceptors (Lipinski definition) is 6. The lowest BCUT2D eigenvalue weighted by Gasteiger charge is -2.26. The van der Waals surface area contributed by atoms with E-state index in [9.17, 15) is 19.1 Å². The van der Waals surface area contributed by atoms with Gasteiger partial charge in [-0.2, -0.15) is 4.39 Å². The predicted octanol–water partition coefficient (Wildman–Crippen LogP) is 2.26. The number of allylic oxidation sites excluding steroid dienone is 1. The summed E-state index contributed by atoms with van der Waals surface area (Å²) in [7, 11) is 1.65. The Labute approximate surface area is 220 Å². The fraction of sp³-hybridized carbons (Fsp3) is 0.357. The zero-order valence-corrected chi connectivity index (χ0v) is 21.1. The molecule has 1 fully saturated rings. The van der Waals surface area contributed by atoms with Gasteiger partial charge in [0.05, 0.1) is 13.2 Å². The topological polar surface area (TPSA) is 130 Å². The molecule has 4 rings (SSSR count). The van der Waals surface area contributed by atoms with E-state index < -0.39 is 23.6 Å². The molecule has 0 saturated carbocycles. The summed E-state index contributed by atoms with van der Waals surface area (Å²) in [5.74, 6) is 5.10. The number of ether oxygens (including phenoxy) is 1. The molecule has 0 bridgehead atoms. The smallest absolute Gasteiger partial charge is 0.341 e. The van der Waals surface area contributed by atoms with E-state index in [-0.39, 0.29) is 12.3 Å². The van der Waals surface area contributed by atoms with Gasteiger partial charge in [0.2, 0.25) is 11.9 Å². The summed E-state index contributed by atoms with van der Waals surface area (Å²) in [6.07, 6.45) is 4.62. The Morgan fingerprint density at radius 2 is 2.16 bits per heavy atom. The van der Waals surface area contributed by atoms with Crippen LogP contribution in [0.1, 0.15) is 36.1 Å². The second-order valence-electron chi connectivity index (χ2n) is 9.30. The Bertz CT molecular complexity index is 1320. The molecule has 198 valence electrons. The molecule has 0 radical (unpaired) electrons. The Hall–Kier alpha value is -4.07. The van der Waals surface area contributed by atoms with E-state index in [1.165, 1.54) is 29.4 Å². The number of aryl methyl sites for hydroxylation is 1. The highest BCUT2D eigenvalue weighted by atomic mass is 19.1. The molecule has 0 spiro atoms. The highest BCUT2D eigenvalue weighted by Crippen LogP contribution is 2.28. The second kappa shape index (κ2) is 12.0. The standard InChI is InChI=1S/C28H30FN5O4/c1-34-24-16-19(9-10-28(37)11-13-38-14-12-28)5-6-21(24)7-8-23(26(34)35)33-27(36)31-18-20(17-30)15-22-3-2-4-25(29)32-22/h2-6,16-18,23,37H,7-8,11-15,30H2,1H3,(H,33,36)/b20-17-,31-18+. The van der Waals surface area contributed by atoms with Gasteiger partial charge >= 0.3 is 6.03 Å². The van der Waals surface area contributed by atoms with Crippen LogP contribution < -0.4 is 16.0 Å². The summed E-state index contributed by atoms with van der Waals surface area (Å²) in [4.78, 5) is 34.8.